The Morgan fingerprint density at radius 2 is 1.93 bits per heavy atom. The van der Waals surface area contributed by atoms with Crippen LogP contribution < -0.4 is 4.73 Å². The van der Waals surface area contributed by atoms with Crippen LogP contribution >= 0.6 is 0 Å². The van der Waals surface area contributed by atoms with E-state index in [9.17, 15) is 10.3 Å². The lowest BCUT2D eigenvalue weighted by Gasteiger charge is -2.08. The average Bonchev–Trinajstić information content (AvgIpc) is 2.19. The highest BCUT2D eigenvalue weighted by atomic mass is 16.5. The van der Waals surface area contributed by atoms with Gasteiger partial charge in [-0.3, -0.25) is 0 Å². The number of nitrogens with zero attached hydrogens (tertiary/aromatic N) is 2. The van der Waals surface area contributed by atoms with Crippen molar-refractivity contribution in [2.24, 2.45) is 0 Å². The number of aromatic nitrogens is 2. The molecule has 4 nitrogen and oxygen atoms in total. The number of hydrogen-bond acceptors (Lipinski definition) is 3. The summed E-state index contributed by atoms with van der Waals surface area (Å²) in [5, 5.41) is 20.8. The predicted molar refractivity (Wildman–Crippen MR) is 50.3 cm³/mol. The third-order valence-electron chi connectivity index (χ3n) is 1.88. The summed E-state index contributed by atoms with van der Waals surface area (Å²) in [6.45, 7) is 0. The number of rotatable bonds is 1. The molecular formula is C10H8N2O2. The van der Waals surface area contributed by atoms with Crippen LogP contribution in [0.5, 0.6) is 5.75 Å². The molecule has 0 bridgehead atoms. The summed E-state index contributed by atoms with van der Waals surface area (Å²) in [4.78, 5) is 3.57. The summed E-state index contributed by atoms with van der Waals surface area (Å²) in [5.41, 5.74) is 0.892. The fourth-order valence-electron chi connectivity index (χ4n) is 1.27. The van der Waals surface area contributed by atoms with E-state index >= 15 is 0 Å². The zero-order chi connectivity index (χ0) is 9.97. The third-order valence-corrected chi connectivity index (χ3v) is 1.88. The van der Waals surface area contributed by atoms with E-state index in [0.29, 0.717) is 10.3 Å². The second kappa shape index (κ2) is 3.33. The molecule has 1 aromatic heterocycles. The van der Waals surface area contributed by atoms with E-state index in [-0.39, 0.29) is 11.4 Å². The molecule has 0 aliphatic heterocycles. The minimum absolute atomic E-state index is 0.117. The summed E-state index contributed by atoms with van der Waals surface area (Å²) < 4.78 is 0.546. The van der Waals surface area contributed by atoms with Gasteiger partial charge in [0.1, 0.15) is 0 Å². The molecule has 0 saturated heterocycles. The van der Waals surface area contributed by atoms with Crippen molar-refractivity contribution in [2.45, 2.75) is 0 Å². The highest BCUT2D eigenvalue weighted by Crippen LogP contribution is 2.23. The lowest BCUT2D eigenvalue weighted by atomic mass is 10.1. The molecule has 2 aromatic rings. The molecule has 0 saturated carbocycles. The van der Waals surface area contributed by atoms with Gasteiger partial charge in [-0.2, -0.15) is 0 Å². The minimum Gasteiger partial charge on any atom is -0.710 e. The molecule has 1 aromatic carbocycles. The summed E-state index contributed by atoms with van der Waals surface area (Å²) in [5.74, 6) is -0.117. The fourth-order valence-corrected chi connectivity index (χ4v) is 1.27. The van der Waals surface area contributed by atoms with Gasteiger partial charge in [0.25, 0.3) is 6.33 Å². The van der Waals surface area contributed by atoms with Crippen LogP contribution in [0.1, 0.15) is 0 Å². The first-order valence-corrected chi connectivity index (χ1v) is 4.10. The number of aromatic hydroxyl groups is 1. The summed E-state index contributed by atoms with van der Waals surface area (Å²) in [7, 11) is 0. The fraction of sp³-hybridized carbons (Fsp3) is 0. The Morgan fingerprint density at radius 3 is 2.57 bits per heavy atom. The molecule has 0 aliphatic rings. The van der Waals surface area contributed by atoms with E-state index in [0.717, 1.165) is 6.33 Å². The SMILES string of the molecule is [O-][n+]1cncc(O)c1-c1ccccc1. The standard InChI is InChI=1S/C10H8N2O2/c13-9-6-11-7-12(14)10(9)8-4-2-1-3-5-8/h1-7,13H. The first-order chi connectivity index (χ1) is 6.79. The summed E-state index contributed by atoms with van der Waals surface area (Å²) in [6, 6.07) is 8.95. The molecule has 4 heteroatoms. The number of hydrogen-bond donors (Lipinski definition) is 1. The molecular weight excluding hydrogens is 180 g/mol. The molecule has 70 valence electrons. The van der Waals surface area contributed by atoms with Crippen molar-refractivity contribution in [3.05, 3.63) is 48.1 Å². The quantitative estimate of drug-likeness (QED) is 0.538. The van der Waals surface area contributed by atoms with E-state index < -0.39 is 0 Å². The van der Waals surface area contributed by atoms with E-state index in [1.54, 1.807) is 24.3 Å². The molecule has 1 heterocycles. The van der Waals surface area contributed by atoms with Gasteiger partial charge in [0.15, 0.2) is 11.9 Å². The first kappa shape index (κ1) is 8.50. The van der Waals surface area contributed by atoms with Gasteiger partial charge in [-0.1, -0.05) is 35.3 Å². The maximum Gasteiger partial charge on any atom is 0.289 e. The Balaban J connectivity index is 2.63. The second-order valence-corrected chi connectivity index (χ2v) is 2.82. The largest absolute Gasteiger partial charge is 0.710 e. The predicted octanol–water partition coefficient (Wildman–Crippen LogP) is 1.09. The van der Waals surface area contributed by atoms with Gasteiger partial charge in [-0.25, -0.2) is 4.73 Å². The molecule has 0 amide bonds. The van der Waals surface area contributed by atoms with Crippen molar-refractivity contribution in [1.82, 2.24) is 4.98 Å². The van der Waals surface area contributed by atoms with Crippen molar-refractivity contribution >= 4 is 0 Å². The van der Waals surface area contributed by atoms with Gasteiger partial charge >= 0.3 is 0 Å². The second-order valence-electron chi connectivity index (χ2n) is 2.82. The van der Waals surface area contributed by atoms with Crippen molar-refractivity contribution in [2.75, 3.05) is 0 Å². The Hall–Kier alpha value is -2.10. The average molecular weight is 188 g/mol. The third kappa shape index (κ3) is 1.37. The molecule has 14 heavy (non-hydrogen) atoms. The lowest BCUT2D eigenvalue weighted by Crippen LogP contribution is -2.29. The van der Waals surface area contributed by atoms with Crippen LogP contribution in [0.4, 0.5) is 0 Å². The Morgan fingerprint density at radius 1 is 1.21 bits per heavy atom. The van der Waals surface area contributed by atoms with E-state index in [1.807, 2.05) is 6.07 Å². The number of benzene rings is 1. The molecule has 0 atom stereocenters. The Labute approximate surface area is 80.7 Å². The minimum atomic E-state index is -0.117. The molecule has 0 radical (unpaired) electrons. The van der Waals surface area contributed by atoms with Gasteiger partial charge in [-0.15, -0.1) is 0 Å². The Bertz CT molecular complexity index is 423. The highest BCUT2D eigenvalue weighted by molar-refractivity contribution is 5.61. The topological polar surface area (TPSA) is 60.1 Å². The molecule has 1 N–H and O–H groups in total. The van der Waals surface area contributed by atoms with Gasteiger partial charge < -0.3 is 10.3 Å². The smallest absolute Gasteiger partial charge is 0.289 e. The van der Waals surface area contributed by atoms with Crippen LogP contribution in [-0.4, -0.2) is 10.1 Å². The van der Waals surface area contributed by atoms with E-state index in [4.69, 9.17) is 0 Å². The van der Waals surface area contributed by atoms with Gasteiger partial charge in [0.05, 0.1) is 0 Å². The van der Waals surface area contributed by atoms with Crippen molar-refractivity contribution in [3.8, 4) is 17.0 Å². The van der Waals surface area contributed by atoms with Gasteiger partial charge in [-0.05, 0) is 0 Å². The zero-order valence-electron chi connectivity index (χ0n) is 7.29. The van der Waals surface area contributed by atoms with Crippen LogP contribution in [0.25, 0.3) is 11.3 Å². The molecule has 2 rings (SSSR count). The maximum absolute atomic E-state index is 11.3. The molecule has 0 aliphatic carbocycles. The van der Waals surface area contributed by atoms with Crippen LogP contribution in [0, 0.1) is 5.21 Å². The molecule has 0 fully saturated rings. The van der Waals surface area contributed by atoms with E-state index in [1.165, 1.54) is 6.20 Å². The van der Waals surface area contributed by atoms with Crippen molar-refractivity contribution in [3.63, 3.8) is 0 Å². The normalized spacial score (nSPS) is 10.0. The first-order valence-electron chi connectivity index (χ1n) is 4.10. The summed E-state index contributed by atoms with van der Waals surface area (Å²) >= 11 is 0. The lowest BCUT2D eigenvalue weighted by molar-refractivity contribution is -0.597. The molecule has 0 unspecified atom stereocenters. The summed E-state index contributed by atoms with van der Waals surface area (Å²) in [6.07, 6.45) is 2.36. The van der Waals surface area contributed by atoms with Crippen molar-refractivity contribution in [1.29, 1.82) is 0 Å². The maximum atomic E-state index is 11.3. The van der Waals surface area contributed by atoms with Gasteiger partial charge in [0, 0.05) is 5.56 Å². The highest BCUT2D eigenvalue weighted by Gasteiger charge is 2.11. The van der Waals surface area contributed by atoms with Crippen molar-refractivity contribution < 1.29 is 9.84 Å². The Kier molecular flexibility index (Phi) is 2.02. The molecule has 0 spiro atoms. The van der Waals surface area contributed by atoms with Crippen LogP contribution in [0.3, 0.4) is 0 Å². The monoisotopic (exact) mass is 188 g/mol. The van der Waals surface area contributed by atoms with E-state index in [2.05, 4.69) is 4.98 Å². The van der Waals surface area contributed by atoms with Crippen LogP contribution in [-0.2, 0) is 0 Å². The van der Waals surface area contributed by atoms with Crippen LogP contribution in [0.15, 0.2) is 42.9 Å². The van der Waals surface area contributed by atoms with Crippen LogP contribution in [0.2, 0.25) is 0 Å². The zero-order valence-corrected chi connectivity index (χ0v) is 7.29. The van der Waals surface area contributed by atoms with Gasteiger partial charge in [0.2, 0.25) is 5.75 Å².